The van der Waals surface area contributed by atoms with E-state index in [9.17, 15) is 9.59 Å². The fraction of sp³-hybridized carbons (Fsp3) is 0.300. The molecule has 1 aliphatic rings. The maximum Gasteiger partial charge on any atom is 0.262 e. The Morgan fingerprint density at radius 1 is 1.08 bits per heavy atom. The number of rotatable bonds is 6. The van der Waals surface area contributed by atoms with Gasteiger partial charge in [0.1, 0.15) is 5.75 Å². The highest BCUT2D eigenvalue weighted by Gasteiger charge is 2.23. The van der Waals surface area contributed by atoms with E-state index in [2.05, 4.69) is 10.6 Å². The molecule has 0 aliphatic heterocycles. The lowest BCUT2D eigenvalue weighted by atomic mass is 10.1. The summed E-state index contributed by atoms with van der Waals surface area (Å²) in [4.78, 5) is 24.2. The molecule has 0 atom stereocenters. The van der Waals surface area contributed by atoms with Crippen molar-refractivity contribution in [3.05, 3.63) is 59.2 Å². The maximum absolute atomic E-state index is 12.1. The molecule has 5 nitrogen and oxygen atoms in total. The molecule has 5 heteroatoms. The largest absolute Gasteiger partial charge is 0.483 e. The predicted molar refractivity (Wildman–Crippen MR) is 97.0 cm³/mol. The van der Waals surface area contributed by atoms with Crippen molar-refractivity contribution in [2.75, 3.05) is 11.9 Å². The molecule has 1 fully saturated rings. The Kier molecular flexibility index (Phi) is 5.03. The number of ether oxygens (including phenoxy) is 1. The van der Waals surface area contributed by atoms with Gasteiger partial charge in [-0.1, -0.05) is 24.3 Å². The van der Waals surface area contributed by atoms with Crippen molar-refractivity contribution < 1.29 is 14.3 Å². The quantitative estimate of drug-likeness (QED) is 0.850. The minimum absolute atomic E-state index is 0.0792. The summed E-state index contributed by atoms with van der Waals surface area (Å²) >= 11 is 0. The Labute approximate surface area is 147 Å². The molecular weight excluding hydrogens is 316 g/mol. The van der Waals surface area contributed by atoms with Gasteiger partial charge >= 0.3 is 0 Å². The van der Waals surface area contributed by atoms with Crippen LogP contribution in [-0.2, 0) is 4.79 Å². The molecule has 0 radical (unpaired) electrons. The average Bonchev–Trinajstić information content (AvgIpc) is 3.38. The molecule has 1 aliphatic carbocycles. The van der Waals surface area contributed by atoms with Crippen LogP contribution in [0.5, 0.6) is 5.75 Å². The van der Waals surface area contributed by atoms with Crippen LogP contribution in [0.4, 0.5) is 5.69 Å². The minimum Gasteiger partial charge on any atom is -0.483 e. The molecule has 2 aromatic carbocycles. The molecule has 0 unspecified atom stereocenters. The Morgan fingerprint density at radius 2 is 1.76 bits per heavy atom. The predicted octanol–water partition coefficient (Wildman–Crippen LogP) is 3.21. The number of hydrogen-bond donors (Lipinski definition) is 2. The molecular formula is C20H22N2O3. The fourth-order valence-electron chi connectivity index (χ4n) is 2.60. The molecule has 25 heavy (non-hydrogen) atoms. The average molecular weight is 338 g/mol. The molecule has 0 heterocycles. The van der Waals surface area contributed by atoms with E-state index in [0.29, 0.717) is 17.3 Å². The van der Waals surface area contributed by atoms with E-state index in [1.165, 1.54) is 0 Å². The number of aryl methyl sites for hydroxylation is 2. The molecule has 0 saturated heterocycles. The summed E-state index contributed by atoms with van der Waals surface area (Å²) in [5.74, 6) is 0.364. The van der Waals surface area contributed by atoms with Crippen LogP contribution in [0.3, 0.4) is 0 Å². The summed E-state index contributed by atoms with van der Waals surface area (Å²) in [6.07, 6.45) is 2.08. The van der Waals surface area contributed by atoms with Crippen LogP contribution < -0.4 is 15.4 Å². The highest BCUT2D eigenvalue weighted by atomic mass is 16.5. The molecule has 0 aromatic heterocycles. The lowest BCUT2D eigenvalue weighted by Crippen LogP contribution is -2.25. The zero-order valence-corrected chi connectivity index (χ0v) is 14.5. The summed E-state index contributed by atoms with van der Waals surface area (Å²) in [5, 5.41) is 5.70. The normalized spacial score (nSPS) is 13.2. The molecule has 2 N–H and O–H groups in total. The number of anilines is 1. The van der Waals surface area contributed by atoms with Crippen LogP contribution >= 0.6 is 0 Å². The summed E-state index contributed by atoms with van der Waals surface area (Å²) in [6.45, 7) is 3.81. The molecule has 3 rings (SSSR count). The molecule has 2 amide bonds. The second-order valence-corrected chi connectivity index (χ2v) is 6.39. The van der Waals surface area contributed by atoms with Crippen LogP contribution in [0.1, 0.15) is 34.3 Å². The number of nitrogens with one attached hydrogen (secondary N) is 2. The molecule has 1 saturated carbocycles. The van der Waals surface area contributed by atoms with Crippen LogP contribution in [0, 0.1) is 13.8 Å². The van der Waals surface area contributed by atoms with E-state index >= 15 is 0 Å². The van der Waals surface area contributed by atoms with Crippen molar-refractivity contribution in [2.24, 2.45) is 0 Å². The second-order valence-electron chi connectivity index (χ2n) is 6.39. The SMILES string of the molecule is Cc1cccc(C)c1OCC(=O)Nc1cccc(C(=O)NC2CC2)c1. The van der Waals surface area contributed by atoms with Gasteiger partial charge in [0.25, 0.3) is 11.8 Å². The molecule has 130 valence electrons. The standard InChI is InChI=1S/C20H22N2O3/c1-13-5-3-6-14(2)19(13)25-12-18(23)21-17-8-4-7-15(11-17)20(24)22-16-9-10-16/h3-8,11,16H,9-10,12H2,1-2H3,(H,21,23)(H,22,24). The number of para-hydroxylation sites is 1. The lowest BCUT2D eigenvalue weighted by molar-refractivity contribution is -0.118. The van der Waals surface area contributed by atoms with Crippen molar-refractivity contribution in [3.63, 3.8) is 0 Å². The Morgan fingerprint density at radius 3 is 2.44 bits per heavy atom. The van der Waals surface area contributed by atoms with Crippen molar-refractivity contribution in [2.45, 2.75) is 32.7 Å². The number of carbonyl (C=O) groups is 2. The van der Waals surface area contributed by atoms with Crippen molar-refractivity contribution in [3.8, 4) is 5.75 Å². The van der Waals surface area contributed by atoms with Gasteiger partial charge < -0.3 is 15.4 Å². The van der Waals surface area contributed by atoms with Crippen molar-refractivity contribution in [1.29, 1.82) is 0 Å². The van der Waals surface area contributed by atoms with Crippen LogP contribution in [0.25, 0.3) is 0 Å². The minimum atomic E-state index is -0.262. The lowest BCUT2D eigenvalue weighted by Gasteiger charge is -2.12. The first kappa shape index (κ1) is 17.0. The first-order chi connectivity index (χ1) is 12.0. The summed E-state index contributed by atoms with van der Waals surface area (Å²) in [7, 11) is 0. The van der Waals surface area contributed by atoms with E-state index in [4.69, 9.17) is 4.74 Å². The number of carbonyl (C=O) groups excluding carboxylic acids is 2. The second kappa shape index (κ2) is 7.38. The van der Waals surface area contributed by atoms with Gasteiger partial charge in [0.15, 0.2) is 6.61 Å². The van der Waals surface area contributed by atoms with Gasteiger partial charge in [0.05, 0.1) is 0 Å². The van der Waals surface area contributed by atoms with Gasteiger partial charge in [-0.15, -0.1) is 0 Å². The van der Waals surface area contributed by atoms with Crippen molar-refractivity contribution in [1.82, 2.24) is 5.32 Å². The summed E-state index contributed by atoms with van der Waals surface area (Å²) < 4.78 is 5.65. The van der Waals surface area contributed by atoms with E-state index < -0.39 is 0 Å². The monoisotopic (exact) mass is 338 g/mol. The van der Waals surface area contributed by atoms with E-state index in [1.54, 1.807) is 24.3 Å². The third-order valence-corrected chi connectivity index (χ3v) is 4.08. The van der Waals surface area contributed by atoms with Gasteiger partial charge in [-0.25, -0.2) is 0 Å². The Bertz CT molecular complexity index is 777. The smallest absolute Gasteiger partial charge is 0.262 e. The van der Waals surface area contributed by atoms with Gasteiger partial charge in [-0.2, -0.15) is 0 Å². The molecule has 0 bridgehead atoms. The number of amides is 2. The first-order valence-electron chi connectivity index (χ1n) is 8.43. The highest BCUT2D eigenvalue weighted by molar-refractivity contribution is 5.97. The van der Waals surface area contributed by atoms with Gasteiger partial charge in [0.2, 0.25) is 0 Å². The van der Waals surface area contributed by atoms with Crippen molar-refractivity contribution >= 4 is 17.5 Å². The third-order valence-electron chi connectivity index (χ3n) is 4.08. The van der Waals surface area contributed by atoms with Crippen LogP contribution in [0.15, 0.2) is 42.5 Å². The van der Waals surface area contributed by atoms with Crippen LogP contribution in [0.2, 0.25) is 0 Å². The van der Waals surface area contributed by atoms with Gasteiger partial charge in [-0.05, 0) is 56.0 Å². The van der Waals surface area contributed by atoms with Crippen LogP contribution in [-0.4, -0.2) is 24.5 Å². The topological polar surface area (TPSA) is 67.4 Å². The maximum atomic E-state index is 12.1. The van der Waals surface area contributed by atoms with E-state index in [0.717, 1.165) is 29.7 Å². The number of hydrogen-bond acceptors (Lipinski definition) is 3. The first-order valence-corrected chi connectivity index (χ1v) is 8.43. The molecule has 2 aromatic rings. The van der Waals surface area contributed by atoms with Gasteiger partial charge in [0, 0.05) is 17.3 Å². The summed E-state index contributed by atoms with van der Waals surface area (Å²) in [5.41, 5.74) is 3.11. The Balaban J connectivity index is 1.58. The van der Waals surface area contributed by atoms with E-state index in [-0.39, 0.29) is 18.4 Å². The highest BCUT2D eigenvalue weighted by Crippen LogP contribution is 2.22. The van der Waals surface area contributed by atoms with E-state index in [1.807, 2.05) is 32.0 Å². The zero-order valence-electron chi connectivity index (χ0n) is 14.5. The summed E-state index contributed by atoms with van der Waals surface area (Å²) in [6, 6.07) is 13.1. The number of benzene rings is 2. The van der Waals surface area contributed by atoms with Gasteiger partial charge in [-0.3, -0.25) is 9.59 Å². The third kappa shape index (κ3) is 4.59. The Hall–Kier alpha value is -2.82. The fourth-order valence-corrected chi connectivity index (χ4v) is 2.60. The molecule has 0 spiro atoms. The zero-order chi connectivity index (χ0) is 17.8.